The molecule has 0 aliphatic carbocycles. The Bertz CT molecular complexity index is 796. The molecule has 0 aliphatic heterocycles. The highest BCUT2D eigenvalue weighted by molar-refractivity contribution is 6.30. The van der Waals surface area contributed by atoms with E-state index in [9.17, 15) is 9.59 Å². The van der Waals surface area contributed by atoms with Crippen molar-refractivity contribution in [2.24, 2.45) is 0 Å². The van der Waals surface area contributed by atoms with Gasteiger partial charge < -0.3 is 15.0 Å². The lowest BCUT2D eigenvalue weighted by Gasteiger charge is -2.28. The first-order chi connectivity index (χ1) is 13.4. The molecule has 7 heteroatoms. The Labute approximate surface area is 175 Å². The number of benzene rings is 2. The third-order valence-corrected chi connectivity index (χ3v) is 4.62. The summed E-state index contributed by atoms with van der Waals surface area (Å²) in [6, 6.07) is 13.3. The Hall–Kier alpha value is -2.24. The Kier molecular flexibility index (Phi) is 8.61. The summed E-state index contributed by atoms with van der Waals surface area (Å²) in [4.78, 5) is 26.8. The van der Waals surface area contributed by atoms with Gasteiger partial charge in [0.1, 0.15) is 11.8 Å². The zero-order valence-corrected chi connectivity index (χ0v) is 17.5. The lowest BCUT2D eigenvalue weighted by Crippen LogP contribution is -2.49. The van der Waals surface area contributed by atoms with Crippen LogP contribution >= 0.6 is 23.2 Å². The predicted molar refractivity (Wildman–Crippen MR) is 112 cm³/mol. The van der Waals surface area contributed by atoms with Crippen LogP contribution in [0.1, 0.15) is 25.8 Å². The van der Waals surface area contributed by atoms with Gasteiger partial charge in [-0.3, -0.25) is 9.59 Å². The van der Waals surface area contributed by atoms with Gasteiger partial charge in [0.2, 0.25) is 5.91 Å². The van der Waals surface area contributed by atoms with Crippen LogP contribution in [0.15, 0.2) is 48.5 Å². The number of carbonyl (C=O) groups is 2. The summed E-state index contributed by atoms with van der Waals surface area (Å²) in [6.45, 7) is 4.30. The lowest BCUT2D eigenvalue weighted by atomic mass is 10.1. The summed E-state index contributed by atoms with van der Waals surface area (Å²) < 4.78 is 5.57. The van der Waals surface area contributed by atoms with Crippen LogP contribution in [0.25, 0.3) is 0 Å². The van der Waals surface area contributed by atoms with Crippen molar-refractivity contribution in [3.63, 3.8) is 0 Å². The number of amides is 2. The highest BCUT2D eigenvalue weighted by Gasteiger charge is 2.26. The van der Waals surface area contributed by atoms with Gasteiger partial charge in [-0.25, -0.2) is 0 Å². The van der Waals surface area contributed by atoms with Crippen LogP contribution in [-0.4, -0.2) is 35.9 Å². The second-order valence-electron chi connectivity index (χ2n) is 6.36. The molecule has 1 atom stereocenters. The molecule has 1 N–H and O–H groups in total. The van der Waals surface area contributed by atoms with E-state index in [-0.39, 0.29) is 25.0 Å². The predicted octanol–water partition coefficient (Wildman–Crippen LogP) is 4.32. The van der Waals surface area contributed by atoms with Crippen molar-refractivity contribution in [1.29, 1.82) is 0 Å². The maximum Gasteiger partial charge on any atom is 0.261 e. The van der Waals surface area contributed by atoms with Crippen LogP contribution < -0.4 is 10.1 Å². The molecule has 0 aliphatic rings. The first-order valence-electron chi connectivity index (χ1n) is 9.10. The second kappa shape index (κ2) is 10.9. The standard InChI is InChI=1S/C21H24Cl2N2O3/c1-3-11-24-21(27)15(2)25(13-16-5-4-6-18(23)12-16)20(26)14-28-19-9-7-17(22)8-10-19/h4-10,12,15H,3,11,13-14H2,1-2H3,(H,24,27). The van der Waals surface area contributed by atoms with Crippen molar-refractivity contribution >= 4 is 35.0 Å². The van der Waals surface area contributed by atoms with E-state index in [2.05, 4.69) is 5.32 Å². The van der Waals surface area contributed by atoms with Crippen LogP contribution in [0.2, 0.25) is 10.0 Å². The minimum absolute atomic E-state index is 0.187. The van der Waals surface area contributed by atoms with Crippen LogP contribution in [0.4, 0.5) is 0 Å². The Morgan fingerprint density at radius 1 is 1.11 bits per heavy atom. The van der Waals surface area contributed by atoms with Gasteiger partial charge in [0.05, 0.1) is 0 Å². The molecule has 1 unspecified atom stereocenters. The fraction of sp³-hybridized carbons (Fsp3) is 0.333. The molecule has 5 nitrogen and oxygen atoms in total. The highest BCUT2D eigenvalue weighted by atomic mass is 35.5. The summed E-state index contributed by atoms with van der Waals surface area (Å²) in [7, 11) is 0. The summed E-state index contributed by atoms with van der Waals surface area (Å²) >= 11 is 11.9. The second-order valence-corrected chi connectivity index (χ2v) is 7.23. The molecule has 2 rings (SSSR count). The minimum atomic E-state index is -0.646. The molecule has 0 saturated carbocycles. The number of nitrogens with zero attached hydrogens (tertiary/aromatic N) is 1. The molecule has 0 radical (unpaired) electrons. The maximum absolute atomic E-state index is 12.9. The van der Waals surface area contributed by atoms with Gasteiger partial charge in [-0.05, 0) is 55.3 Å². The van der Waals surface area contributed by atoms with E-state index in [1.807, 2.05) is 19.1 Å². The van der Waals surface area contributed by atoms with Crippen molar-refractivity contribution < 1.29 is 14.3 Å². The van der Waals surface area contributed by atoms with Crippen LogP contribution in [0, 0.1) is 0 Å². The molecule has 2 aromatic rings. The Balaban J connectivity index is 2.12. The van der Waals surface area contributed by atoms with Gasteiger partial charge in [0.25, 0.3) is 5.91 Å². The zero-order valence-electron chi connectivity index (χ0n) is 16.0. The lowest BCUT2D eigenvalue weighted by molar-refractivity contribution is -0.142. The first-order valence-corrected chi connectivity index (χ1v) is 9.86. The molecule has 150 valence electrons. The molecule has 0 fully saturated rings. The van der Waals surface area contributed by atoms with Crippen molar-refractivity contribution in [1.82, 2.24) is 10.2 Å². The summed E-state index contributed by atoms with van der Waals surface area (Å²) in [5.41, 5.74) is 0.836. The molecule has 0 aromatic heterocycles. The number of rotatable bonds is 9. The number of hydrogen-bond donors (Lipinski definition) is 1. The fourth-order valence-corrected chi connectivity index (χ4v) is 2.91. The molecular formula is C21H24Cl2N2O3. The molecule has 2 amide bonds. The number of ether oxygens (including phenoxy) is 1. The topological polar surface area (TPSA) is 58.6 Å². The molecule has 0 spiro atoms. The third-order valence-electron chi connectivity index (χ3n) is 4.13. The normalized spacial score (nSPS) is 11.6. The Morgan fingerprint density at radius 3 is 2.46 bits per heavy atom. The molecule has 0 heterocycles. The molecule has 0 bridgehead atoms. The van der Waals surface area contributed by atoms with Crippen molar-refractivity contribution in [2.75, 3.05) is 13.2 Å². The SMILES string of the molecule is CCCNC(=O)C(C)N(Cc1cccc(Cl)c1)C(=O)COc1ccc(Cl)cc1. The van der Waals surface area contributed by atoms with Gasteiger partial charge in [0, 0.05) is 23.1 Å². The number of carbonyl (C=O) groups excluding carboxylic acids is 2. The van der Waals surface area contributed by atoms with Gasteiger partial charge >= 0.3 is 0 Å². The van der Waals surface area contributed by atoms with Gasteiger partial charge in [-0.1, -0.05) is 42.3 Å². The molecule has 28 heavy (non-hydrogen) atoms. The third kappa shape index (κ3) is 6.73. The largest absolute Gasteiger partial charge is 0.484 e. The van der Waals surface area contributed by atoms with E-state index in [0.29, 0.717) is 22.3 Å². The van der Waals surface area contributed by atoms with E-state index in [4.69, 9.17) is 27.9 Å². The molecule has 2 aromatic carbocycles. The number of halogens is 2. The van der Waals surface area contributed by atoms with Crippen molar-refractivity contribution in [3.8, 4) is 5.75 Å². The van der Waals surface area contributed by atoms with Crippen LogP contribution in [0.5, 0.6) is 5.75 Å². The fourth-order valence-electron chi connectivity index (χ4n) is 2.57. The smallest absolute Gasteiger partial charge is 0.261 e. The monoisotopic (exact) mass is 422 g/mol. The van der Waals surface area contributed by atoms with E-state index >= 15 is 0 Å². The van der Waals surface area contributed by atoms with Crippen molar-refractivity contribution in [3.05, 3.63) is 64.1 Å². The Morgan fingerprint density at radius 2 is 1.82 bits per heavy atom. The van der Waals surface area contributed by atoms with Gasteiger partial charge in [0.15, 0.2) is 6.61 Å². The molecule has 0 saturated heterocycles. The van der Waals surface area contributed by atoms with E-state index in [0.717, 1.165) is 12.0 Å². The van der Waals surface area contributed by atoms with E-state index in [1.165, 1.54) is 4.90 Å². The quantitative estimate of drug-likeness (QED) is 0.654. The average Bonchev–Trinajstić information content (AvgIpc) is 2.69. The highest BCUT2D eigenvalue weighted by Crippen LogP contribution is 2.17. The maximum atomic E-state index is 12.9. The number of hydrogen-bond acceptors (Lipinski definition) is 3. The zero-order chi connectivity index (χ0) is 20.5. The van der Waals surface area contributed by atoms with E-state index in [1.54, 1.807) is 43.3 Å². The number of nitrogens with one attached hydrogen (secondary N) is 1. The summed E-state index contributed by atoms with van der Waals surface area (Å²) in [5.74, 6) is 0.0290. The summed E-state index contributed by atoms with van der Waals surface area (Å²) in [5, 5.41) is 3.99. The van der Waals surface area contributed by atoms with Crippen LogP contribution in [0.3, 0.4) is 0 Å². The average molecular weight is 423 g/mol. The van der Waals surface area contributed by atoms with Crippen molar-refractivity contribution in [2.45, 2.75) is 32.9 Å². The first kappa shape index (κ1) is 22.1. The van der Waals surface area contributed by atoms with Crippen LogP contribution in [-0.2, 0) is 16.1 Å². The summed E-state index contributed by atoms with van der Waals surface area (Å²) in [6.07, 6.45) is 0.820. The van der Waals surface area contributed by atoms with Gasteiger partial charge in [-0.2, -0.15) is 0 Å². The van der Waals surface area contributed by atoms with Gasteiger partial charge in [-0.15, -0.1) is 0 Å². The van der Waals surface area contributed by atoms with E-state index < -0.39 is 6.04 Å². The minimum Gasteiger partial charge on any atom is -0.484 e. The molecular weight excluding hydrogens is 399 g/mol.